The Morgan fingerprint density at radius 3 is 2.60 bits per heavy atom. The molecule has 3 rings (SSSR count). The molecular formula is C19H23N5O. The molecule has 0 spiro atoms. The second kappa shape index (κ2) is 8.28. The second-order valence-corrected chi connectivity index (χ2v) is 5.90. The molecule has 0 aliphatic rings. The third-order valence-corrected chi connectivity index (χ3v) is 4.02. The van der Waals surface area contributed by atoms with Gasteiger partial charge in [0.2, 0.25) is 5.95 Å². The van der Waals surface area contributed by atoms with Gasteiger partial charge in [0, 0.05) is 18.7 Å². The summed E-state index contributed by atoms with van der Waals surface area (Å²) in [4.78, 5) is 0. The molecule has 130 valence electrons. The molecule has 0 unspecified atom stereocenters. The number of para-hydroxylation sites is 1. The number of hydrogen-bond donors (Lipinski definition) is 1. The van der Waals surface area contributed by atoms with Crippen LogP contribution in [0.15, 0.2) is 48.5 Å². The normalized spacial score (nSPS) is 10.6. The molecule has 0 radical (unpaired) electrons. The molecular weight excluding hydrogens is 314 g/mol. The molecule has 0 amide bonds. The van der Waals surface area contributed by atoms with E-state index in [0.29, 0.717) is 19.1 Å². The van der Waals surface area contributed by atoms with Crippen LogP contribution in [0.1, 0.15) is 30.0 Å². The Kier molecular flexibility index (Phi) is 5.61. The maximum absolute atomic E-state index is 6.05. The molecule has 1 N–H and O–H groups in total. The molecule has 0 saturated carbocycles. The fourth-order valence-corrected chi connectivity index (χ4v) is 2.59. The lowest BCUT2D eigenvalue weighted by atomic mass is 10.1. The van der Waals surface area contributed by atoms with Crippen LogP contribution >= 0.6 is 0 Å². The lowest BCUT2D eigenvalue weighted by molar-refractivity contribution is 0.302. The SMILES string of the molecule is CCCn1nnnc1NCc1ccccc1OCc1ccccc1C. The summed E-state index contributed by atoms with van der Waals surface area (Å²) in [5, 5.41) is 15.0. The van der Waals surface area contributed by atoms with Crippen molar-refractivity contribution in [3.05, 3.63) is 65.2 Å². The summed E-state index contributed by atoms with van der Waals surface area (Å²) in [6, 6.07) is 16.3. The largest absolute Gasteiger partial charge is 0.489 e. The van der Waals surface area contributed by atoms with E-state index < -0.39 is 0 Å². The molecule has 1 aromatic heterocycles. The summed E-state index contributed by atoms with van der Waals surface area (Å²) in [7, 11) is 0. The number of benzene rings is 2. The Hall–Kier alpha value is -2.89. The van der Waals surface area contributed by atoms with E-state index in [2.05, 4.69) is 46.8 Å². The molecule has 0 saturated heterocycles. The Morgan fingerprint density at radius 1 is 1.04 bits per heavy atom. The summed E-state index contributed by atoms with van der Waals surface area (Å²) in [5.74, 6) is 1.54. The van der Waals surface area contributed by atoms with Crippen LogP contribution in [0.5, 0.6) is 5.75 Å². The van der Waals surface area contributed by atoms with Crippen molar-refractivity contribution in [3.8, 4) is 5.75 Å². The third-order valence-electron chi connectivity index (χ3n) is 4.02. The molecule has 0 aliphatic carbocycles. The van der Waals surface area contributed by atoms with Gasteiger partial charge in [-0.1, -0.05) is 54.5 Å². The zero-order valence-corrected chi connectivity index (χ0v) is 14.6. The van der Waals surface area contributed by atoms with Gasteiger partial charge in [-0.25, -0.2) is 4.68 Å². The fraction of sp³-hybridized carbons (Fsp3) is 0.316. The van der Waals surface area contributed by atoms with Crippen molar-refractivity contribution in [2.75, 3.05) is 5.32 Å². The van der Waals surface area contributed by atoms with E-state index in [-0.39, 0.29) is 0 Å². The van der Waals surface area contributed by atoms with Crippen LogP contribution in [0.4, 0.5) is 5.95 Å². The van der Waals surface area contributed by atoms with Gasteiger partial charge in [0.25, 0.3) is 0 Å². The first-order valence-corrected chi connectivity index (χ1v) is 8.53. The third kappa shape index (κ3) is 4.35. The highest BCUT2D eigenvalue weighted by Crippen LogP contribution is 2.21. The standard InChI is InChI=1S/C19H23N5O/c1-3-12-24-19(21-22-23-24)20-13-16-9-6-7-11-18(16)25-14-17-10-5-4-8-15(17)2/h4-11H,3,12-14H2,1-2H3,(H,20,21,23). The van der Waals surface area contributed by atoms with E-state index in [1.807, 2.05) is 36.4 Å². The molecule has 6 nitrogen and oxygen atoms in total. The summed E-state index contributed by atoms with van der Waals surface area (Å²) >= 11 is 0. The summed E-state index contributed by atoms with van der Waals surface area (Å²) < 4.78 is 7.83. The minimum absolute atomic E-state index is 0.553. The van der Waals surface area contributed by atoms with Crippen LogP contribution in [0, 0.1) is 6.92 Å². The average Bonchev–Trinajstić information content (AvgIpc) is 3.07. The van der Waals surface area contributed by atoms with E-state index in [0.717, 1.165) is 24.3 Å². The highest BCUT2D eigenvalue weighted by molar-refractivity contribution is 5.37. The van der Waals surface area contributed by atoms with E-state index in [1.165, 1.54) is 11.1 Å². The Balaban J connectivity index is 1.66. The number of rotatable bonds is 8. The highest BCUT2D eigenvalue weighted by atomic mass is 16.5. The summed E-state index contributed by atoms with van der Waals surface area (Å²) in [5.41, 5.74) is 3.50. The van der Waals surface area contributed by atoms with Gasteiger partial charge in [0.1, 0.15) is 12.4 Å². The number of aromatic nitrogens is 4. The Labute approximate surface area is 147 Å². The molecule has 1 heterocycles. The van der Waals surface area contributed by atoms with E-state index in [1.54, 1.807) is 4.68 Å². The first-order chi connectivity index (χ1) is 12.3. The highest BCUT2D eigenvalue weighted by Gasteiger charge is 2.08. The van der Waals surface area contributed by atoms with Gasteiger partial charge in [0.05, 0.1) is 0 Å². The van der Waals surface area contributed by atoms with Crippen LogP contribution in [-0.4, -0.2) is 20.2 Å². The fourth-order valence-electron chi connectivity index (χ4n) is 2.59. The van der Waals surface area contributed by atoms with Crippen molar-refractivity contribution in [3.63, 3.8) is 0 Å². The monoisotopic (exact) mass is 337 g/mol. The molecule has 25 heavy (non-hydrogen) atoms. The molecule has 6 heteroatoms. The van der Waals surface area contributed by atoms with E-state index >= 15 is 0 Å². The van der Waals surface area contributed by atoms with Crippen LogP contribution in [0.25, 0.3) is 0 Å². The van der Waals surface area contributed by atoms with E-state index in [4.69, 9.17) is 4.74 Å². The van der Waals surface area contributed by atoms with E-state index in [9.17, 15) is 0 Å². The van der Waals surface area contributed by atoms with Gasteiger partial charge in [-0.2, -0.15) is 0 Å². The number of tetrazole rings is 1. The second-order valence-electron chi connectivity index (χ2n) is 5.90. The van der Waals surface area contributed by atoms with Crippen molar-refractivity contribution in [2.24, 2.45) is 0 Å². The molecule has 3 aromatic rings. The lowest BCUT2D eigenvalue weighted by Gasteiger charge is -2.13. The topological polar surface area (TPSA) is 64.9 Å². The van der Waals surface area contributed by atoms with Crippen molar-refractivity contribution >= 4 is 5.95 Å². The molecule has 0 aliphatic heterocycles. The number of ether oxygens (including phenoxy) is 1. The van der Waals surface area contributed by atoms with Crippen molar-refractivity contribution in [1.82, 2.24) is 20.2 Å². The van der Waals surface area contributed by atoms with Crippen LogP contribution in [0.2, 0.25) is 0 Å². The zero-order chi connectivity index (χ0) is 17.5. The first kappa shape index (κ1) is 17.0. The maximum Gasteiger partial charge on any atom is 0.243 e. The van der Waals surface area contributed by atoms with Gasteiger partial charge >= 0.3 is 0 Å². The molecule has 0 bridgehead atoms. The Morgan fingerprint density at radius 2 is 1.80 bits per heavy atom. The predicted molar refractivity (Wildman–Crippen MR) is 97.4 cm³/mol. The van der Waals surface area contributed by atoms with Gasteiger partial charge < -0.3 is 10.1 Å². The molecule has 0 fully saturated rings. The van der Waals surface area contributed by atoms with Gasteiger partial charge in [-0.3, -0.25) is 0 Å². The molecule has 2 aromatic carbocycles. The molecule has 0 atom stereocenters. The van der Waals surface area contributed by atoms with Crippen LogP contribution in [0.3, 0.4) is 0 Å². The number of hydrogen-bond acceptors (Lipinski definition) is 5. The first-order valence-electron chi connectivity index (χ1n) is 8.53. The van der Waals surface area contributed by atoms with Crippen molar-refractivity contribution in [1.29, 1.82) is 0 Å². The Bertz CT molecular complexity index is 815. The predicted octanol–water partition coefficient (Wildman–Crippen LogP) is 3.58. The van der Waals surface area contributed by atoms with Crippen LogP contribution in [-0.2, 0) is 19.7 Å². The number of anilines is 1. The van der Waals surface area contributed by atoms with Crippen LogP contribution < -0.4 is 10.1 Å². The zero-order valence-electron chi connectivity index (χ0n) is 14.6. The van der Waals surface area contributed by atoms with Gasteiger partial charge in [-0.05, 0) is 41.0 Å². The smallest absolute Gasteiger partial charge is 0.243 e. The minimum Gasteiger partial charge on any atom is -0.489 e. The number of aryl methyl sites for hydroxylation is 2. The average molecular weight is 337 g/mol. The van der Waals surface area contributed by atoms with Crippen molar-refractivity contribution < 1.29 is 4.74 Å². The minimum atomic E-state index is 0.553. The van der Waals surface area contributed by atoms with Gasteiger partial charge in [0.15, 0.2) is 0 Å². The number of nitrogens with one attached hydrogen (secondary N) is 1. The summed E-state index contributed by atoms with van der Waals surface area (Å²) in [6.45, 7) is 6.14. The maximum atomic E-state index is 6.05. The van der Waals surface area contributed by atoms with Gasteiger partial charge in [-0.15, -0.1) is 0 Å². The lowest BCUT2D eigenvalue weighted by Crippen LogP contribution is -2.10. The summed E-state index contributed by atoms with van der Waals surface area (Å²) in [6.07, 6.45) is 0.982. The van der Waals surface area contributed by atoms with Crippen molar-refractivity contribution in [2.45, 2.75) is 40.0 Å². The number of nitrogens with zero attached hydrogens (tertiary/aromatic N) is 4. The quantitative estimate of drug-likeness (QED) is 0.680.